The Morgan fingerprint density at radius 1 is 1.40 bits per heavy atom. The SMILES string of the molecule is O=C(NF)c1nn(CC2CCOCC2)c2ccccc12. The zero-order valence-electron chi connectivity index (χ0n) is 11.0. The number of carbonyl (C=O) groups excluding carboxylic acids is 1. The smallest absolute Gasteiger partial charge is 0.300 e. The van der Waals surface area contributed by atoms with Crippen LogP contribution in [-0.2, 0) is 11.3 Å². The summed E-state index contributed by atoms with van der Waals surface area (Å²) >= 11 is 0. The van der Waals surface area contributed by atoms with Crippen molar-refractivity contribution in [3.63, 3.8) is 0 Å². The fraction of sp³-hybridized carbons (Fsp3) is 0.429. The molecule has 1 saturated heterocycles. The summed E-state index contributed by atoms with van der Waals surface area (Å²) < 4.78 is 19.5. The molecule has 1 amide bonds. The van der Waals surface area contributed by atoms with Crippen LogP contribution >= 0.6 is 0 Å². The highest BCUT2D eigenvalue weighted by Gasteiger charge is 2.20. The number of nitrogens with one attached hydrogen (secondary N) is 1. The summed E-state index contributed by atoms with van der Waals surface area (Å²) in [6.45, 7) is 2.26. The molecule has 0 bridgehead atoms. The molecule has 20 heavy (non-hydrogen) atoms. The second kappa shape index (κ2) is 5.58. The first-order chi connectivity index (χ1) is 9.79. The lowest BCUT2D eigenvalue weighted by atomic mass is 10.0. The molecule has 2 aromatic rings. The van der Waals surface area contributed by atoms with Crippen LogP contribution in [0.15, 0.2) is 24.3 Å². The van der Waals surface area contributed by atoms with E-state index < -0.39 is 5.91 Å². The van der Waals surface area contributed by atoms with Gasteiger partial charge in [0.15, 0.2) is 5.69 Å². The summed E-state index contributed by atoms with van der Waals surface area (Å²) in [6.07, 6.45) is 1.97. The van der Waals surface area contributed by atoms with Crippen LogP contribution in [0.2, 0.25) is 0 Å². The number of hydrogen-bond donors (Lipinski definition) is 1. The second-order valence-corrected chi connectivity index (χ2v) is 5.03. The van der Waals surface area contributed by atoms with Gasteiger partial charge in [0.2, 0.25) is 0 Å². The minimum atomic E-state index is -0.799. The highest BCUT2D eigenvalue weighted by molar-refractivity contribution is 6.04. The molecule has 0 radical (unpaired) electrons. The largest absolute Gasteiger partial charge is 0.381 e. The Bertz CT molecular complexity index is 620. The van der Waals surface area contributed by atoms with Crippen molar-refractivity contribution >= 4 is 16.8 Å². The van der Waals surface area contributed by atoms with Gasteiger partial charge in [0.05, 0.1) is 5.52 Å². The predicted octanol–water partition coefficient (Wildman–Crippen LogP) is 2.08. The summed E-state index contributed by atoms with van der Waals surface area (Å²) in [7, 11) is 0. The maximum absolute atomic E-state index is 12.4. The topological polar surface area (TPSA) is 56.2 Å². The summed E-state index contributed by atoms with van der Waals surface area (Å²) in [5.41, 5.74) is 2.15. The van der Waals surface area contributed by atoms with Gasteiger partial charge >= 0.3 is 0 Å². The molecule has 1 aliphatic heterocycles. The molecule has 0 aliphatic carbocycles. The number of fused-ring (bicyclic) bond motifs is 1. The number of ether oxygens (including phenoxy) is 1. The number of carbonyl (C=O) groups is 1. The van der Waals surface area contributed by atoms with E-state index in [1.165, 1.54) is 0 Å². The lowest BCUT2D eigenvalue weighted by Crippen LogP contribution is -2.21. The molecule has 0 unspecified atom stereocenters. The monoisotopic (exact) mass is 277 g/mol. The second-order valence-electron chi connectivity index (χ2n) is 5.03. The Morgan fingerprint density at radius 2 is 2.15 bits per heavy atom. The first-order valence-electron chi connectivity index (χ1n) is 6.74. The lowest BCUT2D eigenvalue weighted by Gasteiger charge is -2.22. The van der Waals surface area contributed by atoms with Crippen LogP contribution in [0.25, 0.3) is 10.9 Å². The molecule has 1 N–H and O–H groups in total. The van der Waals surface area contributed by atoms with Gasteiger partial charge in [0.1, 0.15) is 0 Å². The van der Waals surface area contributed by atoms with Crippen molar-refractivity contribution in [2.45, 2.75) is 19.4 Å². The number of nitrogens with zero attached hydrogens (tertiary/aromatic N) is 2. The molecule has 1 fully saturated rings. The van der Waals surface area contributed by atoms with E-state index >= 15 is 0 Å². The molecule has 6 heteroatoms. The number of rotatable bonds is 3. The molecule has 3 rings (SSSR count). The third kappa shape index (κ3) is 2.38. The van der Waals surface area contributed by atoms with Crippen molar-refractivity contribution in [1.29, 1.82) is 0 Å². The number of aromatic nitrogens is 2. The number of benzene rings is 1. The van der Waals surface area contributed by atoms with Crippen molar-refractivity contribution in [3.8, 4) is 0 Å². The molecule has 1 aromatic heterocycles. The van der Waals surface area contributed by atoms with Crippen molar-refractivity contribution in [1.82, 2.24) is 15.3 Å². The first kappa shape index (κ1) is 13.1. The van der Waals surface area contributed by atoms with E-state index in [1.54, 1.807) is 10.7 Å². The number of halogens is 1. The minimum absolute atomic E-state index is 0.134. The summed E-state index contributed by atoms with van der Waals surface area (Å²) in [6, 6.07) is 7.39. The van der Waals surface area contributed by atoms with E-state index in [1.807, 2.05) is 18.2 Å². The van der Waals surface area contributed by atoms with Crippen LogP contribution in [0.1, 0.15) is 23.3 Å². The molecular weight excluding hydrogens is 261 g/mol. The zero-order chi connectivity index (χ0) is 13.9. The Labute approximate surface area is 115 Å². The standard InChI is InChI=1S/C14H16FN3O2/c15-16-14(19)13-11-3-1-2-4-12(11)18(17-13)9-10-5-7-20-8-6-10/h1-4,10H,5-9H2,(H,16,19). The molecule has 1 aromatic carbocycles. The van der Waals surface area contributed by atoms with E-state index in [0.29, 0.717) is 11.3 Å². The normalized spacial score (nSPS) is 16.4. The molecule has 5 nitrogen and oxygen atoms in total. The summed E-state index contributed by atoms with van der Waals surface area (Å²) in [5, 5.41) is 4.95. The third-order valence-corrected chi connectivity index (χ3v) is 3.73. The van der Waals surface area contributed by atoms with Gasteiger partial charge in [0.25, 0.3) is 5.91 Å². The zero-order valence-corrected chi connectivity index (χ0v) is 11.0. The van der Waals surface area contributed by atoms with Gasteiger partial charge in [-0.3, -0.25) is 9.48 Å². The Hall–Kier alpha value is -1.95. The fourth-order valence-corrected chi connectivity index (χ4v) is 2.65. The van der Waals surface area contributed by atoms with Crippen LogP contribution in [0.5, 0.6) is 0 Å². The van der Waals surface area contributed by atoms with E-state index in [-0.39, 0.29) is 5.69 Å². The van der Waals surface area contributed by atoms with Crippen LogP contribution < -0.4 is 5.54 Å². The molecular formula is C14H16FN3O2. The van der Waals surface area contributed by atoms with Gasteiger partial charge in [-0.1, -0.05) is 22.7 Å². The number of para-hydroxylation sites is 1. The van der Waals surface area contributed by atoms with E-state index in [9.17, 15) is 9.28 Å². The average Bonchev–Trinajstić information content (AvgIpc) is 2.87. The Morgan fingerprint density at radius 3 is 2.90 bits per heavy atom. The van der Waals surface area contributed by atoms with Crippen molar-refractivity contribution in [2.24, 2.45) is 5.92 Å². The van der Waals surface area contributed by atoms with Crippen molar-refractivity contribution in [2.75, 3.05) is 13.2 Å². The molecule has 2 heterocycles. The maximum atomic E-state index is 12.4. The van der Waals surface area contributed by atoms with Crippen molar-refractivity contribution < 1.29 is 14.0 Å². The molecule has 106 valence electrons. The Kier molecular flexibility index (Phi) is 3.64. The van der Waals surface area contributed by atoms with E-state index in [4.69, 9.17) is 4.74 Å². The summed E-state index contributed by atoms with van der Waals surface area (Å²) in [5.74, 6) is -0.319. The van der Waals surface area contributed by atoms with Gasteiger partial charge < -0.3 is 4.74 Å². The highest BCUT2D eigenvalue weighted by Crippen LogP contribution is 2.22. The van der Waals surface area contributed by atoms with Gasteiger partial charge in [-0.15, -0.1) is 0 Å². The van der Waals surface area contributed by atoms with Crippen LogP contribution in [0.4, 0.5) is 4.48 Å². The van der Waals surface area contributed by atoms with Crippen LogP contribution in [0.3, 0.4) is 0 Å². The summed E-state index contributed by atoms with van der Waals surface area (Å²) in [4.78, 5) is 11.6. The average molecular weight is 277 g/mol. The van der Waals surface area contributed by atoms with E-state index in [2.05, 4.69) is 5.10 Å². The van der Waals surface area contributed by atoms with Gasteiger partial charge in [-0.05, 0) is 24.8 Å². The van der Waals surface area contributed by atoms with E-state index in [0.717, 1.165) is 43.7 Å². The highest BCUT2D eigenvalue weighted by atomic mass is 19.2. The predicted molar refractivity (Wildman–Crippen MR) is 71.9 cm³/mol. The van der Waals surface area contributed by atoms with Gasteiger partial charge in [0, 0.05) is 25.1 Å². The molecule has 0 spiro atoms. The van der Waals surface area contributed by atoms with Crippen LogP contribution in [-0.4, -0.2) is 28.9 Å². The lowest BCUT2D eigenvalue weighted by molar-refractivity contribution is 0.0604. The van der Waals surface area contributed by atoms with Crippen molar-refractivity contribution in [3.05, 3.63) is 30.0 Å². The molecule has 0 saturated carbocycles. The fourth-order valence-electron chi connectivity index (χ4n) is 2.65. The van der Waals surface area contributed by atoms with Crippen LogP contribution in [0, 0.1) is 5.92 Å². The first-order valence-corrected chi connectivity index (χ1v) is 6.74. The molecule has 1 aliphatic rings. The van der Waals surface area contributed by atoms with Gasteiger partial charge in [-0.25, -0.2) is 0 Å². The molecule has 0 atom stereocenters. The Balaban J connectivity index is 1.95. The number of hydrogen-bond acceptors (Lipinski definition) is 3. The maximum Gasteiger partial charge on any atom is 0.300 e. The van der Waals surface area contributed by atoms with Gasteiger partial charge in [-0.2, -0.15) is 10.6 Å². The number of amides is 1. The quantitative estimate of drug-likeness (QED) is 0.874. The third-order valence-electron chi connectivity index (χ3n) is 3.73. The minimum Gasteiger partial charge on any atom is -0.381 e.